The van der Waals surface area contributed by atoms with Gasteiger partial charge in [-0.05, 0) is 30.2 Å². The van der Waals surface area contributed by atoms with Gasteiger partial charge in [-0.1, -0.05) is 25.5 Å². The lowest BCUT2D eigenvalue weighted by Gasteiger charge is -2.07. The van der Waals surface area contributed by atoms with Gasteiger partial charge in [0.2, 0.25) is 5.88 Å². The molecule has 0 radical (unpaired) electrons. The van der Waals surface area contributed by atoms with Crippen molar-refractivity contribution in [1.29, 1.82) is 5.26 Å². The Bertz CT molecular complexity index is 600. The first kappa shape index (κ1) is 12.9. The van der Waals surface area contributed by atoms with E-state index in [1.165, 1.54) is 11.8 Å². The van der Waals surface area contributed by atoms with Crippen LogP contribution < -0.4 is 10.5 Å². The zero-order valence-electron chi connectivity index (χ0n) is 10.8. The van der Waals surface area contributed by atoms with Crippen molar-refractivity contribution in [2.75, 3.05) is 5.73 Å². The van der Waals surface area contributed by atoms with E-state index in [4.69, 9.17) is 15.7 Å². The highest BCUT2D eigenvalue weighted by Crippen LogP contribution is 2.24. The van der Waals surface area contributed by atoms with Gasteiger partial charge in [-0.15, -0.1) is 0 Å². The molecule has 1 aromatic carbocycles. The van der Waals surface area contributed by atoms with Crippen molar-refractivity contribution in [3.63, 3.8) is 0 Å². The number of nitrogens with zero attached hydrogens (tertiary/aromatic N) is 2. The van der Waals surface area contributed by atoms with Crippen LogP contribution in [0.3, 0.4) is 0 Å². The highest BCUT2D eigenvalue weighted by atomic mass is 16.5. The summed E-state index contributed by atoms with van der Waals surface area (Å²) in [5.74, 6) is 0.938. The molecule has 4 heteroatoms. The fraction of sp³-hybridized carbons (Fsp3) is 0.200. The molecule has 0 amide bonds. The van der Waals surface area contributed by atoms with Gasteiger partial charge in [0.1, 0.15) is 17.4 Å². The molecular formula is C15H15N3O. The number of anilines is 1. The zero-order valence-corrected chi connectivity index (χ0v) is 10.8. The second-order valence-electron chi connectivity index (χ2n) is 4.23. The molecule has 0 atom stereocenters. The Morgan fingerprint density at radius 3 is 2.68 bits per heavy atom. The first-order valence-corrected chi connectivity index (χ1v) is 6.15. The van der Waals surface area contributed by atoms with E-state index in [2.05, 4.69) is 11.9 Å². The average Bonchev–Trinajstić information content (AvgIpc) is 2.43. The normalized spacial score (nSPS) is 9.89. The number of aryl methyl sites for hydroxylation is 1. The number of nitrogen functional groups attached to an aromatic ring is 1. The van der Waals surface area contributed by atoms with E-state index < -0.39 is 0 Å². The Hall–Kier alpha value is -2.54. The number of aromatic nitrogens is 1. The highest BCUT2D eigenvalue weighted by molar-refractivity contribution is 5.49. The quantitative estimate of drug-likeness (QED) is 0.907. The predicted octanol–water partition coefficient (Wildman–Crippen LogP) is 3.28. The molecule has 1 heterocycles. The second kappa shape index (κ2) is 5.87. The second-order valence-corrected chi connectivity index (χ2v) is 4.23. The molecule has 1 aromatic heterocycles. The van der Waals surface area contributed by atoms with Crippen LogP contribution in [-0.2, 0) is 6.42 Å². The summed E-state index contributed by atoms with van der Waals surface area (Å²) in [5, 5.41) is 9.01. The van der Waals surface area contributed by atoms with E-state index in [1.54, 1.807) is 6.07 Å². The van der Waals surface area contributed by atoms with Crippen LogP contribution in [-0.4, -0.2) is 4.98 Å². The van der Waals surface area contributed by atoms with Gasteiger partial charge >= 0.3 is 0 Å². The van der Waals surface area contributed by atoms with Gasteiger partial charge in [-0.25, -0.2) is 4.98 Å². The van der Waals surface area contributed by atoms with E-state index in [9.17, 15) is 0 Å². The molecule has 0 aliphatic heterocycles. The summed E-state index contributed by atoms with van der Waals surface area (Å²) >= 11 is 0. The molecule has 0 aliphatic carbocycles. The lowest BCUT2D eigenvalue weighted by Crippen LogP contribution is -1.95. The number of ether oxygens (including phenoxy) is 1. The van der Waals surface area contributed by atoms with Crippen molar-refractivity contribution in [3.05, 3.63) is 47.7 Å². The van der Waals surface area contributed by atoms with E-state index in [1.807, 2.05) is 30.3 Å². The molecule has 2 rings (SSSR count). The van der Waals surface area contributed by atoms with Gasteiger partial charge in [0.25, 0.3) is 0 Å². The lowest BCUT2D eigenvalue weighted by molar-refractivity contribution is 0.461. The number of nitrogens with two attached hydrogens (primary N) is 1. The molecule has 0 saturated carbocycles. The van der Waals surface area contributed by atoms with Crippen LogP contribution in [0.2, 0.25) is 0 Å². The van der Waals surface area contributed by atoms with Crippen LogP contribution in [0, 0.1) is 11.3 Å². The summed E-state index contributed by atoms with van der Waals surface area (Å²) in [5.41, 5.74) is 7.62. The van der Waals surface area contributed by atoms with Crippen LogP contribution in [0.25, 0.3) is 0 Å². The Morgan fingerprint density at radius 2 is 2.05 bits per heavy atom. The Labute approximate surface area is 112 Å². The maximum atomic E-state index is 9.01. The summed E-state index contributed by atoms with van der Waals surface area (Å²) < 4.78 is 5.60. The topological polar surface area (TPSA) is 71.9 Å². The first-order valence-electron chi connectivity index (χ1n) is 6.15. The third kappa shape index (κ3) is 3.23. The Morgan fingerprint density at radius 1 is 1.32 bits per heavy atom. The number of nitriles is 1. The maximum Gasteiger partial charge on any atom is 0.237 e. The van der Waals surface area contributed by atoms with Gasteiger partial charge in [-0.2, -0.15) is 5.26 Å². The molecule has 2 N–H and O–H groups in total. The molecule has 96 valence electrons. The zero-order chi connectivity index (χ0) is 13.7. The van der Waals surface area contributed by atoms with E-state index >= 15 is 0 Å². The summed E-state index contributed by atoms with van der Waals surface area (Å²) in [6.07, 6.45) is 3.63. The summed E-state index contributed by atoms with van der Waals surface area (Å²) in [6, 6.07) is 11.4. The molecule has 4 nitrogen and oxygen atoms in total. The summed E-state index contributed by atoms with van der Waals surface area (Å²) in [4.78, 5) is 4.03. The summed E-state index contributed by atoms with van der Waals surface area (Å²) in [6.45, 7) is 2.14. The lowest BCUT2D eigenvalue weighted by atomic mass is 10.1. The number of benzene rings is 1. The average molecular weight is 253 g/mol. The number of hydrogen-bond donors (Lipinski definition) is 1. The van der Waals surface area contributed by atoms with E-state index in [0.29, 0.717) is 17.0 Å². The smallest absolute Gasteiger partial charge is 0.237 e. The molecule has 0 spiro atoms. The fourth-order valence-electron chi connectivity index (χ4n) is 1.75. The van der Waals surface area contributed by atoms with Crippen molar-refractivity contribution < 1.29 is 4.74 Å². The molecule has 0 fully saturated rings. The minimum Gasteiger partial charge on any atom is -0.438 e. The van der Waals surface area contributed by atoms with E-state index in [0.717, 1.165) is 12.8 Å². The fourth-order valence-corrected chi connectivity index (χ4v) is 1.75. The number of pyridine rings is 1. The molecule has 19 heavy (non-hydrogen) atoms. The largest absolute Gasteiger partial charge is 0.438 e. The van der Waals surface area contributed by atoms with Crippen molar-refractivity contribution in [1.82, 2.24) is 4.98 Å². The molecule has 0 bridgehead atoms. The Kier molecular flexibility index (Phi) is 3.99. The minimum absolute atomic E-state index is 0.278. The highest BCUT2D eigenvalue weighted by Gasteiger charge is 2.07. The van der Waals surface area contributed by atoms with Gasteiger partial charge in [0.15, 0.2) is 0 Å². The van der Waals surface area contributed by atoms with Crippen molar-refractivity contribution in [2.45, 2.75) is 19.8 Å². The van der Waals surface area contributed by atoms with Crippen molar-refractivity contribution in [2.24, 2.45) is 0 Å². The van der Waals surface area contributed by atoms with Gasteiger partial charge in [0.05, 0.1) is 11.9 Å². The third-order valence-electron chi connectivity index (χ3n) is 2.67. The third-order valence-corrected chi connectivity index (χ3v) is 2.67. The first-order chi connectivity index (χ1) is 9.22. The SMILES string of the molecule is CCCc1ccc(Oc2ncc(N)cc2C#N)cc1. The maximum absolute atomic E-state index is 9.01. The molecular weight excluding hydrogens is 238 g/mol. The van der Waals surface area contributed by atoms with Crippen LogP contribution in [0.5, 0.6) is 11.6 Å². The molecule has 0 saturated heterocycles. The van der Waals surface area contributed by atoms with E-state index in [-0.39, 0.29) is 5.88 Å². The van der Waals surface area contributed by atoms with Crippen molar-refractivity contribution >= 4 is 5.69 Å². The van der Waals surface area contributed by atoms with Gasteiger partial charge < -0.3 is 10.5 Å². The van der Waals surface area contributed by atoms with Crippen molar-refractivity contribution in [3.8, 4) is 17.7 Å². The number of hydrogen-bond acceptors (Lipinski definition) is 4. The minimum atomic E-state index is 0.278. The number of rotatable bonds is 4. The predicted molar refractivity (Wildman–Crippen MR) is 73.9 cm³/mol. The molecule has 2 aromatic rings. The molecule has 0 unspecified atom stereocenters. The monoisotopic (exact) mass is 253 g/mol. The van der Waals surface area contributed by atoms with Gasteiger partial charge in [-0.3, -0.25) is 0 Å². The Balaban J connectivity index is 2.19. The molecule has 0 aliphatic rings. The van der Waals surface area contributed by atoms with Crippen LogP contribution in [0.15, 0.2) is 36.5 Å². The summed E-state index contributed by atoms with van der Waals surface area (Å²) in [7, 11) is 0. The van der Waals surface area contributed by atoms with Gasteiger partial charge in [0, 0.05) is 0 Å². The standard InChI is InChI=1S/C15H15N3O/c1-2-3-11-4-6-14(7-5-11)19-15-12(9-16)8-13(17)10-18-15/h4-8,10H,2-3,17H2,1H3. The van der Waals surface area contributed by atoms with Crippen LogP contribution >= 0.6 is 0 Å². The van der Waals surface area contributed by atoms with Crippen LogP contribution in [0.4, 0.5) is 5.69 Å². The van der Waals surface area contributed by atoms with Crippen LogP contribution in [0.1, 0.15) is 24.5 Å².